The third kappa shape index (κ3) is 26.6. The van der Waals surface area contributed by atoms with E-state index in [1.54, 1.807) is 7.11 Å². The van der Waals surface area contributed by atoms with Gasteiger partial charge >= 0.3 is 5.97 Å². The smallest absolute Gasteiger partial charge is 0.374 e. The second-order valence-corrected chi connectivity index (χ2v) is 8.19. The molecular weight excluding hydrogens is 364 g/mol. The van der Waals surface area contributed by atoms with Crippen LogP contribution in [0.15, 0.2) is 23.3 Å². The molecule has 0 saturated heterocycles. The molecule has 0 bridgehead atoms. The first-order valence-electron chi connectivity index (χ1n) is 10.5. The molecule has 172 valence electrons. The van der Waals surface area contributed by atoms with Crippen LogP contribution in [0, 0.1) is 11.8 Å². The van der Waals surface area contributed by atoms with Gasteiger partial charge in [-0.3, -0.25) is 4.79 Å². The SMILES string of the molecule is C.CC(=O)C(=O)OCCC(C)CCC=C(C)C.COCCC(C)CCC=C(C)C. The molecule has 0 spiro atoms. The van der Waals surface area contributed by atoms with Crippen molar-refractivity contribution in [2.24, 2.45) is 11.8 Å². The van der Waals surface area contributed by atoms with E-state index in [-0.39, 0.29) is 7.43 Å². The average molecular weight is 413 g/mol. The lowest BCUT2D eigenvalue weighted by Crippen LogP contribution is -2.15. The summed E-state index contributed by atoms with van der Waals surface area (Å²) in [4.78, 5) is 21.4. The van der Waals surface area contributed by atoms with Crippen molar-refractivity contribution in [3.8, 4) is 0 Å². The molecule has 29 heavy (non-hydrogen) atoms. The number of hydrogen-bond donors (Lipinski definition) is 0. The Bertz CT molecular complexity index is 469. The van der Waals surface area contributed by atoms with Crippen LogP contribution in [0.4, 0.5) is 0 Å². The fourth-order valence-corrected chi connectivity index (χ4v) is 2.38. The molecule has 0 N–H and O–H groups in total. The maximum atomic E-state index is 10.8. The van der Waals surface area contributed by atoms with Crippen LogP contribution in [-0.4, -0.2) is 32.1 Å². The topological polar surface area (TPSA) is 52.6 Å². The van der Waals surface area contributed by atoms with Gasteiger partial charge in [0.2, 0.25) is 5.78 Å². The standard InChI is InChI=1S/C13H22O3.C11H22O.CH4/c1-10(2)6-5-7-11(3)8-9-16-13(15)12(4)14;1-10(2)6-5-7-11(3)8-9-12-4;/h6,11H,5,7-9H2,1-4H3;6,11H,5,7-9H2,1-4H3;1H4. The van der Waals surface area contributed by atoms with Gasteiger partial charge in [0.05, 0.1) is 6.61 Å². The van der Waals surface area contributed by atoms with E-state index in [0.717, 1.165) is 31.8 Å². The molecule has 0 radical (unpaired) electrons. The molecule has 2 atom stereocenters. The highest BCUT2D eigenvalue weighted by Crippen LogP contribution is 2.12. The molecule has 0 amide bonds. The number of Topliss-reactive ketones (excluding diaryl/α,β-unsaturated/α-hetero) is 1. The average Bonchev–Trinajstić information content (AvgIpc) is 2.59. The fraction of sp³-hybridized carbons (Fsp3) is 0.760. The number of hydrogen-bond acceptors (Lipinski definition) is 4. The molecule has 4 nitrogen and oxygen atoms in total. The van der Waals surface area contributed by atoms with Crippen LogP contribution in [0.1, 0.15) is 94.4 Å². The lowest BCUT2D eigenvalue weighted by Gasteiger charge is -2.09. The van der Waals surface area contributed by atoms with Crippen molar-refractivity contribution in [3.05, 3.63) is 23.3 Å². The number of esters is 1. The molecule has 0 fully saturated rings. The Balaban J connectivity index is -0.000000468. The molecule has 0 heterocycles. The Hall–Kier alpha value is -1.42. The maximum absolute atomic E-state index is 10.8. The van der Waals surface area contributed by atoms with Crippen LogP contribution in [0.25, 0.3) is 0 Å². The first kappa shape index (κ1) is 32.3. The molecule has 0 rings (SSSR count). The zero-order valence-corrected chi connectivity index (χ0v) is 19.6. The predicted molar refractivity (Wildman–Crippen MR) is 125 cm³/mol. The van der Waals surface area contributed by atoms with Gasteiger partial charge in [0.1, 0.15) is 0 Å². The number of carbonyl (C=O) groups excluding carboxylic acids is 2. The van der Waals surface area contributed by atoms with Crippen LogP contribution >= 0.6 is 0 Å². The zero-order valence-electron chi connectivity index (χ0n) is 19.6. The van der Waals surface area contributed by atoms with Crippen LogP contribution in [0.3, 0.4) is 0 Å². The number of carbonyl (C=O) groups is 2. The number of rotatable bonds is 13. The highest BCUT2D eigenvalue weighted by atomic mass is 16.5. The van der Waals surface area contributed by atoms with Crippen molar-refractivity contribution in [3.63, 3.8) is 0 Å². The minimum absolute atomic E-state index is 0. The lowest BCUT2D eigenvalue weighted by molar-refractivity contribution is -0.153. The summed E-state index contributed by atoms with van der Waals surface area (Å²) in [6, 6.07) is 0. The largest absolute Gasteiger partial charge is 0.460 e. The second-order valence-electron chi connectivity index (χ2n) is 8.19. The fourth-order valence-electron chi connectivity index (χ4n) is 2.38. The predicted octanol–water partition coefficient (Wildman–Crippen LogP) is 6.93. The third-order valence-corrected chi connectivity index (χ3v) is 4.37. The molecule has 0 aromatic rings. The molecule has 0 aromatic carbocycles. The summed E-state index contributed by atoms with van der Waals surface area (Å²) in [7, 11) is 1.77. The summed E-state index contributed by atoms with van der Waals surface area (Å²) >= 11 is 0. The van der Waals surface area contributed by atoms with Gasteiger partial charge in [-0.25, -0.2) is 4.79 Å². The Labute approximate surface area is 181 Å². The Morgan fingerprint density at radius 2 is 1.17 bits per heavy atom. The first-order chi connectivity index (χ1) is 13.1. The second kappa shape index (κ2) is 21.3. The molecule has 4 heteroatoms. The van der Waals surface area contributed by atoms with E-state index < -0.39 is 11.8 Å². The summed E-state index contributed by atoms with van der Waals surface area (Å²) in [6.07, 6.45) is 11.2. The van der Waals surface area contributed by atoms with Crippen LogP contribution < -0.4 is 0 Å². The Kier molecular flexibility index (Phi) is 23.7. The summed E-state index contributed by atoms with van der Waals surface area (Å²) in [6.45, 7) is 15.3. The van der Waals surface area contributed by atoms with E-state index in [1.165, 1.54) is 37.3 Å². The van der Waals surface area contributed by atoms with E-state index in [1.807, 2.05) is 0 Å². The summed E-state index contributed by atoms with van der Waals surface area (Å²) in [5.74, 6) is 0.0459. The quantitative estimate of drug-likeness (QED) is 0.187. The minimum Gasteiger partial charge on any atom is -0.460 e. The van der Waals surface area contributed by atoms with Crippen molar-refractivity contribution in [2.45, 2.75) is 94.4 Å². The van der Waals surface area contributed by atoms with Crippen molar-refractivity contribution < 1.29 is 19.1 Å². The van der Waals surface area contributed by atoms with Crippen LogP contribution in [0.2, 0.25) is 0 Å². The van der Waals surface area contributed by atoms with Gasteiger partial charge in [-0.15, -0.1) is 0 Å². The minimum atomic E-state index is -0.725. The molecule has 2 unspecified atom stereocenters. The molecule has 0 aliphatic rings. The normalized spacial score (nSPS) is 11.7. The summed E-state index contributed by atoms with van der Waals surface area (Å²) in [5, 5.41) is 0. The van der Waals surface area contributed by atoms with Crippen molar-refractivity contribution in [1.82, 2.24) is 0 Å². The maximum Gasteiger partial charge on any atom is 0.374 e. The van der Waals surface area contributed by atoms with Gasteiger partial charge in [0, 0.05) is 20.6 Å². The van der Waals surface area contributed by atoms with E-state index >= 15 is 0 Å². The summed E-state index contributed by atoms with van der Waals surface area (Å²) in [5.41, 5.74) is 2.75. The molecule has 0 aliphatic heterocycles. The van der Waals surface area contributed by atoms with Crippen molar-refractivity contribution >= 4 is 11.8 Å². The molecule has 0 aromatic heterocycles. The third-order valence-electron chi connectivity index (χ3n) is 4.37. The van der Waals surface area contributed by atoms with Crippen LogP contribution in [0.5, 0.6) is 0 Å². The van der Waals surface area contributed by atoms with Gasteiger partial charge in [0.25, 0.3) is 0 Å². The van der Waals surface area contributed by atoms with Crippen molar-refractivity contribution in [1.29, 1.82) is 0 Å². The number of ether oxygens (including phenoxy) is 2. The van der Waals surface area contributed by atoms with Crippen LogP contribution in [-0.2, 0) is 19.1 Å². The number of ketones is 1. The molecule has 0 aliphatic carbocycles. The van der Waals surface area contributed by atoms with Crippen molar-refractivity contribution in [2.75, 3.05) is 20.3 Å². The Morgan fingerprint density at radius 3 is 1.52 bits per heavy atom. The molecule has 0 saturated carbocycles. The van der Waals surface area contributed by atoms with E-state index in [4.69, 9.17) is 9.47 Å². The zero-order chi connectivity index (χ0) is 21.9. The van der Waals surface area contributed by atoms with Gasteiger partial charge in [-0.1, -0.05) is 44.6 Å². The van der Waals surface area contributed by atoms with Gasteiger partial charge in [-0.2, -0.15) is 0 Å². The van der Waals surface area contributed by atoms with E-state index in [9.17, 15) is 9.59 Å². The van der Waals surface area contributed by atoms with E-state index in [0.29, 0.717) is 12.5 Å². The van der Waals surface area contributed by atoms with Gasteiger partial charge in [0.15, 0.2) is 0 Å². The Morgan fingerprint density at radius 1 is 0.759 bits per heavy atom. The molecular formula is C25H48O4. The number of methoxy groups -OCH3 is 1. The summed E-state index contributed by atoms with van der Waals surface area (Å²) < 4.78 is 9.82. The monoisotopic (exact) mass is 412 g/mol. The number of allylic oxidation sites excluding steroid dienone is 4. The van der Waals surface area contributed by atoms with Gasteiger partial charge < -0.3 is 9.47 Å². The first-order valence-corrected chi connectivity index (χ1v) is 10.5. The van der Waals surface area contributed by atoms with E-state index in [2.05, 4.69) is 53.7 Å². The highest BCUT2D eigenvalue weighted by Gasteiger charge is 2.09. The lowest BCUT2D eigenvalue weighted by atomic mass is 10.0. The highest BCUT2D eigenvalue weighted by molar-refractivity contribution is 6.32. The van der Waals surface area contributed by atoms with Gasteiger partial charge in [-0.05, 0) is 78.1 Å².